The standard InChI is InChI=1S/C31H36F2N4O6S/c1-21(38)42-16-17-44(40,41)35-24-2-3-25(26(20-24)36-11-7-30(5-6-30)8-12-36)34-29(39)23-18-22-4-15-43-28(22)27(19-23)37-13-9-31(32,33)10-14-37/h2-4,15,18-20,35H,5-14,16-17H2,1H3,(H,34,39). The van der Waals surface area contributed by atoms with E-state index < -0.39 is 21.9 Å². The van der Waals surface area contributed by atoms with Crippen molar-refractivity contribution < 1.29 is 35.9 Å². The molecule has 1 aromatic heterocycles. The van der Waals surface area contributed by atoms with Gasteiger partial charge in [0.05, 0.1) is 29.0 Å². The van der Waals surface area contributed by atoms with Crippen LogP contribution in [0.15, 0.2) is 47.1 Å². The van der Waals surface area contributed by atoms with Crippen molar-refractivity contribution in [2.45, 2.75) is 51.4 Å². The lowest BCUT2D eigenvalue weighted by Gasteiger charge is -2.35. The molecule has 1 spiro atoms. The summed E-state index contributed by atoms with van der Waals surface area (Å²) in [4.78, 5) is 28.7. The van der Waals surface area contributed by atoms with Gasteiger partial charge in [-0.25, -0.2) is 17.2 Å². The van der Waals surface area contributed by atoms with Crippen molar-refractivity contribution in [1.82, 2.24) is 0 Å². The molecule has 13 heteroatoms. The Kier molecular flexibility index (Phi) is 7.93. The lowest BCUT2D eigenvalue weighted by molar-refractivity contribution is -0.140. The van der Waals surface area contributed by atoms with E-state index in [1.807, 2.05) is 4.90 Å². The molecule has 3 heterocycles. The first kappa shape index (κ1) is 30.2. The number of carbonyl (C=O) groups excluding carboxylic acids is 2. The number of hydrogen-bond acceptors (Lipinski definition) is 8. The molecule has 2 aliphatic heterocycles. The largest absolute Gasteiger partial charge is 0.465 e. The number of hydrogen-bond donors (Lipinski definition) is 2. The smallest absolute Gasteiger partial charge is 0.302 e. The molecule has 44 heavy (non-hydrogen) atoms. The third-order valence-electron chi connectivity index (χ3n) is 8.93. The van der Waals surface area contributed by atoms with Crippen LogP contribution in [0.2, 0.25) is 0 Å². The van der Waals surface area contributed by atoms with Crippen LogP contribution in [0.1, 0.15) is 55.8 Å². The molecule has 3 aromatic rings. The molecule has 3 fully saturated rings. The van der Waals surface area contributed by atoms with Crippen LogP contribution in [-0.4, -0.2) is 64.8 Å². The number of halogens is 2. The number of carbonyl (C=O) groups is 2. The predicted molar refractivity (Wildman–Crippen MR) is 164 cm³/mol. The first-order valence-electron chi connectivity index (χ1n) is 14.9. The van der Waals surface area contributed by atoms with Crippen LogP contribution in [0.3, 0.4) is 0 Å². The Morgan fingerprint density at radius 2 is 1.61 bits per heavy atom. The van der Waals surface area contributed by atoms with E-state index in [2.05, 4.69) is 14.9 Å². The maximum Gasteiger partial charge on any atom is 0.302 e. The summed E-state index contributed by atoms with van der Waals surface area (Å²) in [5.41, 5.74) is 3.44. The summed E-state index contributed by atoms with van der Waals surface area (Å²) in [7, 11) is -3.80. The molecule has 10 nitrogen and oxygen atoms in total. The van der Waals surface area contributed by atoms with Crippen molar-refractivity contribution in [2.24, 2.45) is 5.41 Å². The summed E-state index contributed by atoms with van der Waals surface area (Å²) in [5.74, 6) is -4.04. The van der Waals surface area contributed by atoms with Gasteiger partial charge in [0.15, 0.2) is 5.58 Å². The van der Waals surface area contributed by atoms with Crippen LogP contribution in [0.25, 0.3) is 11.0 Å². The number of alkyl halides is 2. The van der Waals surface area contributed by atoms with Crippen molar-refractivity contribution in [3.8, 4) is 0 Å². The molecule has 0 bridgehead atoms. The number of furan rings is 1. The summed E-state index contributed by atoms with van der Waals surface area (Å²) in [6.07, 6.45) is 5.46. The van der Waals surface area contributed by atoms with Crippen molar-refractivity contribution >= 4 is 55.6 Å². The zero-order valence-electron chi connectivity index (χ0n) is 24.5. The third-order valence-corrected chi connectivity index (χ3v) is 10.2. The topological polar surface area (TPSA) is 121 Å². The number of nitrogens with zero attached hydrogens (tertiary/aromatic N) is 2. The molecule has 3 aliphatic rings. The minimum Gasteiger partial charge on any atom is -0.465 e. The molecule has 2 aromatic carbocycles. The van der Waals surface area contributed by atoms with Crippen LogP contribution in [0.5, 0.6) is 0 Å². The Hall–Kier alpha value is -3.87. The number of piperidine rings is 2. The minimum atomic E-state index is -3.80. The molecule has 0 atom stereocenters. The number of sulfonamides is 1. The zero-order chi connectivity index (χ0) is 31.1. The number of esters is 1. The van der Waals surface area contributed by atoms with E-state index in [0.29, 0.717) is 44.7 Å². The summed E-state index contributed by atoms with van der Waals surface area (Å²) >= 11 is 0. The van der Waals surface area contributed by atoms with Crippen LogP contribution < -0.4 is 19.8 Å². The van der Waals surface area contributed by atoms with Gasteiger partial charge in [-0.15, -0.1) is 0 Å². The number of fused-ring (bicyclic) bond motifs is 1. The fourth-order valence-corrected chi connectivity index (χ4v) is 6.98. The highest BCUT2D eigenvalue weighted by molar-refractivity contribution is 7.92. The number of ether oxygens (including phenoxy) is 1. The molecule has 1 saturated carbocycles. The van der Waals surface area contributed by atoms with Gasteiger partial charge in [0.1, 0.15) is 12.4 Å². The number of benzene rings is 2. The lowest BCUT2D eigenvalue weighted by Crippen LogP contribution is -2.39. The first-order chi connectivity index (χ1) is 20.9. The Bertz CT molecular complexity index is 1670. The van der Waals surface area contributed by atoms with Gasteiger partial charge < -0.3 is 24.3 Å². The van der Waals surface area contributed by atoms with Crippen LogP contribution >= 0.6 is 0 Å². The van der Waals surface area contributed by atoms with E-state index in [9.17, 15) is 26.8 Å². The Balaban J connectivity index is 1.26. The molecule has 6 rings (SSSR count). The number of amides is 1. The first-order valence-corrected chi connectivity index (χ1v) is 16.5. The second-order valence-electron chi connectivity index (χ2n) is 12.1. The van der Waals surface area contributed by atoms with Crippen LogP contribution in [-0.2, 0) is 19.6 Å². The maximum atomic E-state index is 13.9. The summed E-state index contributed by atoms with van der Waals surface area (Å²) in [5, 5.41) is 3.70. The van der Waals surface area contributed by atoms with Gasteiger partial charge in [0, 0.05) is 56.9 Å². The molecular weight excluding hydrogens is 594 g/mol. The Morgan fingerprint density at radius 1 is 0.932 bits per heavy atom. The van der Waals surface area contributed by atoms with Gasteiger partial charge in [-0.05, 0) is 67.5 Å². The molecule has 0 radical (unpaired) electrons. The van der Waals surface area contributed by atoms with E-state index in [1.165, 1.54) is 26.0 Å². The second kappa shape index (κ2) is 11.6. The predicted octanol–water partition coefficient (Wildman–Crippen LogP) is 5.61. The summed E-state index contributed by atoms with van der Waals surface area (Å²) in [6.45, 7) is 2.79. The Labute approximate surface area is 254 Å². The van der Waals surface area contributed by atoms with E-state index >= 15 is 0 Å². The fraction of sp³-hybridized carbons (Fsp3) is 0.484. The monoisotopic (exact) mass is 630 g/mol. The maximum absolute atomic E-state index is 13.9. The number of rotatable bonds is 9. The van der Waals surface area contributed by atoms with Gasteiger partial charge in [-0.2, -0.15) is 0 Å². The molecule has 0 unspecified atom stereocenters. The van der Waals surface area contributed by atoms with E-state index in [4.69, 9.17) is 9.15 Å². The average molecular weight is 631 g/mol. The van der Waals surface area contributed by atoms with Crippen LogP contribution in [0, 0.1) is 5.41 Å². The summed E-state index contributed by atoms with van der Waals surface area (Å²) < 4.78 is 66.0. The number of anilines is 4. The van der Waals surface area contributed by atoms with Crippen molar-refractivity contribution in [2.75, 3.05) is 58.4 Å². The SMILES string of the molecule is CC(=O)OCCS(=O)(=O)Nc1ccc(NC(=O)c2cc(N3CCC(F)(F)CC3)c3occc3c2)c(N2CCC3(CC2)CC3)c1. The van der Waals surface area contributed by atoms with Crippen molar-refractivity contribution in [3.63, 3.8) is 0 Å². The van der Waals surface area contributed by atoms with Gasteiger partial charge in [0.2, 0.25) is 10.0 Å². The summed E-state index contributed by atoms with van der Waals surface area (Å²) in [6, 6.07) is 10.1. The fourth-order valence-electron chi connectivity index (χ4n) is 6.09. The normalized spacial score (nSPS) is 19.2. The van der Waals surface area contributed by atoms with Crippen molar-refractivity contribution in [1.29, 1.82) is 0 Å². The third kappa shape index (κ3) is 6.77. The lowest BCUT2D eigenvalue weighted by atomic mass is 9.93. The second-order valence-corrected chi connectivity index (χ2v) is 14.0. The molecular formula is C31H36F2N4O6S. The van der Waals surface area contributed by atoms with Gasteiger partial charge >= 0.3 is 5.97 Å². The zero-order valence-corrected chi connectivity index (χ0v) is 25.4. The van der Waals surface area contributed by atoms with E-state index in [0.717, 1.165) is 25.9 Å². The van der Waals surface area contributed by atoms with Crippen molar-refractivity contribution in [3.05, 3.63) is 48.2 Å². The number of nitrogens with one attached hydrogen (secondary N) is 2. The van der Waals surface area contributed by atoms with Crippen LogP contribution in [0.4, 0.5) is 31.5 Å². The highest BCUT2D eigenvalue weighted by atomic mass is 32.2. The highest BCUT2D eigenvalue weighted by Gasteiger charge is 2.44. The molecule has 1 aliphatic carbocycles. The average Bonchev–Trinajstić information content (AvgIpc) is 3.54. The van der Waals surface area contributed by atoms with Gasteiger partial charge in [-0.1, -0.05) is 0 Å². The molecule has 2 N–H and O–H groups in total. The quantitative estimate of drug-likeness (QED) is 0.293. The highest BCUT2D eigenvalue weighted by Crippen LogP contribution is 2.54. The Morgan fingerprint density at radius 3 is 2.30 bits per heavy atom. The molecule has 2 saturated heterocycles. The van der Waals surface area contributed by atoms with E-state index in [1.54, 1.807) is 36.4 Å². The van der Waals surface area contributed by atoms with Gasteiger partial charge in [0.25, 0.3) is 11.8 Å². The van der Waals surface area contributed by atoms with E-state index in [-0.39, 0.29) is 44.2 Å². The molecule has 236 valence electrons. The van der Waals surface area contributed by atoms with Gasteiger partial charge in [-0.3, -0.25) is 14.3 Å². The minimum absolute atomic E-state index is 0.146. The molecule has 1 amide bonds.